The zero-order chi connectivity index (χ0) is 12.9. The van der Waals surface area contributed by atoms with Crippen molar-refractivity contribution in [2.75, 3.05) is 0 Å². The van der Waals surface area contributed by atoms with E-state index in [0.717, 1.165) is 0 Å². The van der Waals surface area contributed by atoms with Gasteiger partial charge in [0.1, 0.15) is 0 Å². The molecule has 0 aliphatic carbocycles. The molecular weight excluding hydrogens is 288 g/mol. The highest BCUT2D eigenvalue weighted by Crippen LogP contribution is 2.32. The quantitative estimate of drug-likeness (QED) is 0.627. The molecule has 2 aromatic heterocycles. The molecule has 2 heterocycles. The normalized spacial score (nSPS) is 12.3. The molecule has 0 saturated heterocycles. The lowest BCUT2D eigenvalue weighted by Crippen LogP contribution is -2.17. The topological polar surface area (TPSA) is 0 Å². The maximum Gasteiger partial charge on any atom is 0.0927 e. The molecule has 0 amide bonds. The fourth-order valence-corrected chi connectivity index (χ4v) is 7.19. The summed E-state index contributed by atoms with van der Waals surface area (Å²) in [4.78, 5) is 0. The second-order valence-corrected chi connectivity index (χ2v) is 13.0. The number of benzene rings is 1. The number of fused-ring (bicyclic) bond motifs is 3. The lowest BCUT2D eigenvalue weighted by Gasteiger charge is -1.94. The maximum absolute atomic E-state index is 2.41. The average molecular weight is 305 g/mol. The summed E-state index contributed by atoms with van der Waals surface area (Å²) >= 11 is 4.05. The Morgan fingerprint density at radius 3 is 1.44 bits per heavy atom. The van der Waals surface area contributed by atoms with E-state index in [4.69, 9.17) is 0 Å². The van der Waals surface area contributed by atoms with E-state index < -0.39 is 0 Å². The molecular formula is C14H16S2Si2. The molecule has 0 atom stereocenters. The highest BCUT2D eigenvalue weighted by atomic mass is 32.1. The van der Waals surface area contributed by atoms with Crippen molar-refractivity contribution < 1.29 is 0 Å². The first-order valence-electron chi connectivity index (χ1n) is 6.13. The minimum Gasteiger partial charge on any atom is -0.144 e. The van der Waals surface area contributed by atoms with Gasteiger partial charge in [-0.3, -0.25) is 0 Å². The Hall–Kier alpha value is -0.426. The fraction of sp³-hybridized carbons (Fsp3) is 0.286. The highest BCUT2D eigenvalue weighted by molar-refractivity contribution is 7.35. The molecule has 0 aliphatic heterocycles. The summed E-state index contributed by atoms with van der Waals surface area (Å²) in [5, 5.41) is 2.89. The van der Waals surface area contributed by atoms with Crippen LogP contribution in [0, 0.1) is 0 Å². The monoisotopic (exact) mass is 304 g/mol. The van der Waals surface area contributed by atoms with Crippen molar-refractivity contribution in [1.82, 2.24) is 0 Å². The van der Waals surface area contributed by atoms with Crippen molar-refractivity contribution in [3.8, 4) is 0 Å². The van der Waals surface area contributed by atoms with Crippen molar-refractivity contribution in [3.63, 3.8) is 0 Å². The fourth-order valence-electron chi connectivity index (χ4n) is 2.09. The third kappa shape index (κ3) is 2.01. The van der Waals surface area contributed by atoms with E-state index in [2.05, 4.69) is 50.5 Å². The van der Waals surface area contributed by atoms with Crippen LogP contribution in [0.2, 0.25) is 26.2 Å². The largest absolute Gasteiger partial charge is 0.144 e. The van der Waals surface area contributed by atoms with Crippen molar-refractivity contribution >= 4 is 69.4 Å². The summed E-state index contributed by atoms with van der Waals surface area (Å²) in [6.45, 7) is 9.52. The summed E-state index contributed by atoms with van der Waals surface area (Å²) in [5.41, 5.74) is 0. The SMILES string of the molecule is C[Si](C)c1cc2ccc3cc([Si](C)C)sc3c2s1. The Morgan fingerprint density at radius 1 is 0.722 bits per heavy atom. The lowest BCUT2D eigenvalue weighted by atomic mass is 10.2. The van der Waals surface area contributed by atoms with E-state index >= 15 is 0 Å². The van der Waals surface area contributed by atoms with Gasteiger partial charge in [0.05, 0.1) is 27.0 Å². The zero-order valence-electron chi connectivity index (χ0n) is 11.1. The molecule has 3 aromatic rings. The minimum absolute atomic E-state index is 0.321. The molecule has 0 unspecified atom stereocenters. The Kier molecular flexibility index (Phi) is 3.22. The van der Waals surface area contributed by atoms with Gasteiger partial charge in [0, 0.05) is 0 Å². The predicted molar refractivity (Wildman–Crippen MR) is 91.4 cm³/mol. The first-order chi connectivity index (χ1) is 8.56. The smallest absolute Gasteiger partial charge is 0.0927 e. The van der Waals surface area contributed by atoms with Gasteiger partial charge in [-0.1, -0.05) is 38.3 Å². The van der Waals surface area contributed by atoms with Crippen LogP contribution in [-0.4, -0.2) is 17.6 Å². The van der Waals surface area contributed by atoms with Gasteiger partial charge in [-0.05, 0) is 31.9 Å². The molecule has 0 spiro atoms. The van der Waals surface area contributed by atoms with Crippen molar-refractivity contribution in [3.05, 3.63) is 24.3 Å². The first-order valence-corrected chi connectivity index (χ1v) is 12.8. The highest BCUT2D eigenvalue weighted by Gasteiger charge is 2.13. The average Bonchev–Trinajstić information content (AvgIpc) is 2.91. The van der Waals surface area contributed by atoms with Crippen LogP contribution in [0.1, 0.15) is 0 Å². The summed E-state index contributed by atoms with van der Waals surface area (Å²) in [6.07, 6.45) is 0. The van der Waals surface area contributed by atoms with Crippen LogP contribution in [0.4, 0.5) is 0 Å². The van der Waals surface area contributed by atoms with E-state index in [0.29, 0.717) is 0 Å². The molecule has 0 bridgehead atoms. The van der Waals surface area contributed by atoms with Crippen molar-refractivity contribution in [2.24, 2.45) is 0 Å². The molecule has 0 saturated carbocycles. The van der Waals surface area contributed by atoms with Gasteiger partial charge in [0.2, 0.25) is 0 Å². The van der Waals surface area contributed by atoms with E-state index in [-0.39, 0.29) is 17.6 Å². The van der Waals surface area contributed by atoms with Crippen LogP contribution in [0.5, 0.6) is 0 Å². The Morgan fingerprint density at radius 2 is 1.11 bits per heavy atom. The number of thiophene rings is 2. The van der Waals surface area contributed by atoms with Gasteiger partial charge in [0.25, 0.3) is 0 Å². The number of rotatable bonds is 2. The second-order valence-electron chi connectivity index (χ2n) is 5.12. The Bertz CT molecular complexity index is 646. The predicted octanol–water partition coefficient (Wildman–Crippen LogP) is 4.04. The van der Waals surface area contributed by atoms with Crippen LogP contribution in [0.15, 0.2) is 24.3 Å². The van der Waals surface area contributed by atoms with Gasteiger partial charge >= 0.3 is 0 Å². The van der Waals surface area contributed by atoms with Crippen LogP contribution < -0.4 is 9.00 Å². The third-order valence-electron chi connectivity index (χ3n) is 3.16. The van der Waals surface area contributed by atoms with Crippen LogP contribution in [0.25, 0.3) is 20.2 Å². The Balaban J connectivity index is 2.30. The van der Waals surface area contributed by atoms with Gasteiger partial charge in [-0.15, -0.1) is 22.7 Å². The summed E-state index contributed by atoms with van der Waals surface area (Å²) in [7, 11) is -0.642. The summed E-state index contributed by atoms with van der Waals surface area (Å²) in [5.74, 6) is 0. The minimum atomic E-state index is -0.321. The van der Waals surface area contributed by atoms with Crippen molar-refractivity contribution in [2.45, 2.75) is 26.2 Å². The van der Waals surface area contributed by atoms with E-state index in [1.165, 1.54) is 20.2 Å². The molecule has 0 nitrogen and oxygen atoms in total. The number of hydrogen-bond donors (Lipinski definition) is 0. The maximum atomic E-state index is 2.41. The number of hydrogen-bond acceptors (Lipinski definition) is 2. The van der Waals surface area contributed by atoms with Gasteiger partial charge < -0.3 is 0 Å². The van der Waals surface area contributed by atoms with Crippen LogP contribution in [-0.2, 0) is 0 Å². The molecule has 0 aliphatic rings. The third-order valence-corrected chi connectivity index (χ3v) is 10.6. The van der Waals surface area contributed by atoms with Crippen molar-refractivity contribution in [1.29, 1.82) is 0 Å². The standard InChI is InChI=1S/C14H16S2Si2/c1-17(2)11-7-9-5-6-10-8-12(18(3)4)16-14(10)13(9)15-11/h5-8H,1-4H3. The molecule has 92 valence electrons. The van der Waals surface area contributed by atoms with Gasteiger partial charge in [0.15, 0.2) is 0 Å². The van der Waals surface area contributed by atoms with Crippen LogP contribution in [0.3, 0.4) is 0 Å². The second kappa shape index (κ2) is 4.60. The molecule has 3 rings (SSSR count). The van der Waals surface area contributed by atoms with E-state index in [9.17, 15) is 0 Å². The first kappa shape index (κ1) is 12.6. The van der Waals surface area contributed by atoms with E-state index in [1.54, 1.807) is 9.00 Å². The molecule has 18 heavy (non-hydrogen) atoms. The van der Waals surface area contributed by atoms with E-state index in [1.807, 2.05) is 22.7 Å². The summed E-state index contributed by atoms with van der Waals surface area (Å²) < 4.78 is 6.26. The Labute approximate surface area is 119 Å². The van der Waals surface area contributed by atoms with Gasteiger partial charge in [-0.2, -0.15) is 0 Å². The zero-order valence-corrected chi connectivity index (χ0v) is 14.8. The molecule has 2 radical (unpaired) electrons. The molecule has 4 heteroatoms. The molecule has 1 aromatic carbocycles. The molecule has 0 N–H and O–H groups in total. The van der Waals surface area contributed by atoms with Crippen LogP contribution >= 0.6 is 22.7 Å². The summed E-state index contributed by atoms with van der Waals surface area (Å²) in [6, 6.07) is 9.43. The lowest BCUT2D eigenvalue weighted by molar-refractivity contribution is 1.96. The molecule has 0 fully saturated rings. The van der Waals surface area contributed by atoms with Gasteiger partial charge in [-0.25, -0.2) is 0 Å².